The second kappa shape index (κ2) is 7.70. The Hall–Kier alpha value is -1.53. The molecular weight excluding hydrogens is 242 g/mol. The van der Waals surface area contributed by atoms with Crippen LogP contribution in [0.25, 0.3) is 0 Å². The molecule has 0 aliphatic carbocycles. The number of carbonyl (C=O) groups is 2. The number of carboxylic acid groups (broad SMARTS) is 1. The van der Waals surface area contributed by atoms with Gasteiger partial charge >= 0.3 is 5.97 Å². The fourth-order valence-corrected chi connectivity index (χ4v) is 1.46. The first-order valence-electron chi connectivity index (χ1n) is 4.80. The van der Waals surface area contributed by atoms with Gasteiger partial charge < -0.3 is 15.9 Å². The van der Waals surface area contributed by atoms with Crippen molar-refractivity contribution in [1.29, 1.82) is 0 Å². The molecule has 6 heteroatoms. The summed E-state index contributed by atoms with van der Waals surface area (Å²) in [6.45, 7) is 0. The average Bonchev–Trinajstić information content (AvgIpc) is 2.27. The molecule has 17 heavy (non-hydrogen) atoms. The Morgan fingerprint density at radius 2 is 1.88 bits per heavy atom. The number of hydrogen-bond donors (Lipinski definition) is 3. The summed E-state index contributed by atoms with van der Waals surface area (Å²) in [6, 6.07) is 8.21. The monoisotopic (exact) mass is 257 g/mol. The van der Waals surface area contributed by atoms with Gasteiger partial charge in [0.1, 0.15) is 6.04 Å². The van der Waals surface area contributed by atoms with Crippen LogP contribution in [0.4, 0.5) is 0 Å². The van der Waals surface area contributed by atoms with Gasteiger partial charge in [-0.1, -0.05) is 30.3 Å². The smallest absolute Gasteiger partial charge is 0.327 e. The minimum Gasteiger partial charge on any atom is -0.480 e. The molecular formula is C11H15NO4S. The molecule has 0 aliphatic rings. The van der Waals surface area contributed by atoms with E-state index in [1.54, 1.807) is 0 Å². The molecule has 0 saturated carbocycles. The highest BCUT2D eigenvalue weighted by atomic mass is 32.1. The van der Waals surface area contributed by atoms with Gasteiger partial charge in [0.15, 0.2) is 0 Å². The van der Waals surface area contributed by atoms with E-state index in [1.807, 2.05) is 30.3 Å². The topological polar surface area (TPSA) is 97.9 Å². The zero-order valence-electron chi connectivity index (χ0n) is 9.09. The summed E-state index contributed by atoms with van der Waals surface area (Å²) in [5.41, 5.74) is 0.850. The van der Waals surface area contributed by atoms with Crippen molar-refractivity contribution in [1.82, 2.24) is 5.32 Å². The van der Waals surface area contributed by atoms with Crippen LogP contribution in [-0.4, -0.2) is 34.3 Å². The number of benzene rings is 1. The molecule has 1 rings (SSSR count). The molecule has 0 radical (unpaired) electrons. The number of amides is 1. The minimum absolute atomic E-state index is 0. The van der Waals surface area contributed by atoms with E-state index < -0.39 is 12.0 Å². The van der Waals surface area contributed by atoms with E-state index in [-0.39, 0.29) is 23.6 Å². The predicted octanol–water partition coefficient (Wildman–Crippen LogP) is -0.0964. The number of aliphatic carboxylic acids is 1. The van der Waals surface area contributed by atoms with Crippen LogP contribution >= 0.6 is 12.6 Å². The number of nitrogens with one attached hydrogen (secondary N) is 1. The van der Waals surface area contributed by atoms with E-state index in [0.29, 0.717) is 0 Å². The number of hydrogen-bond acceptors (Lipinski definition) is 3. The normalized spacial score (nSPS) is 11.1. The van der Waals surface area contributed by atoms with E-state index in [1.165, 1.54) is 0 Å². The molecule has 94 valence electrons. The van der Waals surface area contributed by atoms with Gasteiger partial charge in [0.05, 0.1) is 6.42 Å². The lowest BCUT2D eigenvalue weighted by molar-refractivity contribution is -0.141. The maximum Gasteiger partial charge on any atom is 0.327 e. The second-order valence-corrected chi connectivity index (χ2v) is 3.67. The molecule has 0 heterocycles. The molecule has 1 aromatic rings. The first-order valence-corrected chi connectivity index (χ1v) is 5.43. The van der Waals surface area contributed by atoms with E-state index in [9.17, 15) is 9.59 Å². The SMILES string of the molecule is O.O=C(Cc1ccccc1)N[C@@H](CS)C(=O)O. The molecule has 0 fully saturated rings. The molecule has 1 amide bonds. The first-order chi connectivity index (χ1) is 7.63. The maximum atomic E-state index is 11.5. The third-order valence-corrected chi connectivity index (χ3v) is 2.39. The molecule has 0 aliphatic heterocycles. The number of carboxylic acids is 1. The molecule has 5 nitrogen and oxygen atoms in total. The average molecular weight is 257 g/mol. The quantitative estimate of drug-likeness (QED) is 0.643. The van der Waals surface area contributed by atoms with Gasteiger partial charge in [-0.2, -0.15) is 12.6 Å². The largest absolute Gasteiger partial charge is 0.480 e. The molecule has 0 aromatic heterocycles. The Balaban J connectivity index is 0.00000256. The fraction of sp³-hybridized carbons (Fsp3) is 0.273. The lowest BCUT2D eigenvalue weighted by Gasteiger charge is -2.11. The third-order valence-electron chi connectivity index (χ3n) is 2.02. The second-order valence-electron chi connectivity index (χ2n) is 3.30. The van der Waals surface area contributed by atoms with Gasteiger partial charge in [-0.3, -0.25) is 4.79 Å². The molecule has 0 spiro atoms. The van der Waals surface area contributed by atoms with Crippen molar-refractivity contribution in [2.75, 3.05) is 5.75 Å². The third kappa shape index (κ3) is 5.37. The Morgan fingerprint density at radius 3 is 2.35 bits per heavy atom. The molecule has 0 saturated heterocycles. The molecule has 4 N–H and O–H groups in total. The zero-order valence-corrected chi connectivity index (χ0v) is 9.98. The Morgan fingerprint density at radius 1 is 1.29 bits per heavy atom. The van der Waals surface area contributed by atoms with Gasteiger partial charge in [-0.25, -0.2) is 4.79 Å². The molecule has 1 aromatic carbocycles. The highest BCUT2D eigenvalue weighted by Gasteiger charge is 2.17. The highest BCUT2D eigenvalue weighted by molar-refractivity contribution is 7.80. The zero-order chi connectivity index (χ0) is 12.0. The van der Waals surface area contributed by atoms with Crippen LogP contribution in [0.2, 0.25) is 0 Å². The summed E-state index contributed by atoms with van der Waals surface area (Å²) >= 11 is 3.86. The van der Waals surface area contributed by atoms with Crippen LogP contribution in [0.15, 0.2) is 30.3 Å². The molecule has 0 unspecified atom stereocenters. The number of carbonyl (C=O) groups excluding carboxylic acids is 1. The minimum atomic E-state index is -1.07. The maximum absolute atomic E-state index is 11.5. The Bertz CT molecular complexity index is 369. The van der Waals surface area contributed by atoms with Crippen LogP contribution in [0.5, 0.6) is 0 Å². The van der Waals surface area contributed by atoms with Gasteiger partial charge in [0.2, 0.25) is 5.91 Å². The standard InChI is InChI=1S/C11H13NO3S.H2O/c13-10(12-9(7-16)11(14)15)6-8-4-2-1-3-5-8;/h1-5,9,16H,6-7H2,(H,12,13)(H,14,15);1H2/t9-;/m0./s1. The Kier molecular flexibility index (Phi) is 7.00. The highest BCUT2D eigenvalue weighted by Crippen LogP contribution is 2.00. The van der Waals surface area contributed by atoms with Crippen molar-refractivity contribution in [2.24, 2.45) is 0 Å². The lowest BCUT2D eigenvalue weighted by Crippen LogP contribution is -2.42. The summed E-state index contributed by atoms with van der Waals surface area (Å²) in [4.78, 5) is 22.1. The van der Waals surface area contributed by atoms with Crippen molar-refractivity contribution >= 4 is 24.5 Å². The lowest BCUT2D eigenvalue weighted by atomic mass is 10.1. The first kappa shape index (κ1) is 15.5. The summed E-state index contributed by atoms with van der Waals surface area (Å²) in [5.74, 6) is -1.31. The van der Waals surface area contributed by atoms with Crippen molar-refractivity contribution in [3.8, 4) is 0 Å². The van der Waals surface area contributed by atoms with Crippen LogP contribution < -0.4 is 5.32 Å². The van der Waals surface area contributed by atoms with E-state index in [4.69, 9.17) is 5.11 Å². The molecule has 0 bridgehead atoms. The van der Waals surface area contributed by atoms with E-state index >= 15 is 0 Å². The predicted molar refractivity (Wildman–Crippen MR) is 67.2 cm³/mol. The summed E-state index contributed by atoms with van der Waals surface area (Å²) < 4.78 is 0. The van der Waals surface area contributed by atoms with Crippen molar-refractivity contribution in [2.45, 2.75) is 12.5 Å². The van der Waals surface area contributed by atoms with Crippen molar-refractivity contribution in [3.63, 3.8) is 0 Å². The van der Waals surface area contributed by atoms with Gasteiger partial charge in [0.25, 0.3) is 0 Å². The number of thiol groups is 1. The van der Waals surface area contributed by atoms with Crippen molar-refractivity contribution < 1.29 is 20.2 Å². The van der Waals surface area contributed by atoms with E-state index in [2.05, 4.69) is 17.9 Å². The summed E-state index contributed by atoms with van der Waals surface area (Å²) in [7, 11) is 0. The fourth-order valence-electron chi connectivity index (χ4n) is 1.21. The van der Waals surface area contributed by atoms with Gasteiger partial charge in [-0.05, 0) is 5.56 Å². The Labute approximate surface area is 105 Å². The van der Waals surface area contributed by atoms with Gasteiger partial charge in [-0.15, -0.1) is 0 Å². The van der Waals surface area contributed by atoms with Crippen molar-refractivity contribution in [3.05, 3.63) is 35.9 Å². The number of rotatable bonds is 5. The van der Waals surface area contributed by atoms with Gasteiger partial charge in [0, 0.05) is 5.75 Å². The summed E-state index contributed by atoms with van der Waals surface area (Å²) in [5, 5.41) is 11.1. The van der Waals surface area contributed by atoms with Crippen LogP contribution in [-0.2, 0) is 16.0 Å². The van der Waals surface area contributed by atoms with Crippen LogP contribution in [0, 0.1) is 0 Å². The molecule has 1 atom stereocenters. The van der Waals surface area contributed by atoms with Crippen LogP contribution in [0.1, 0.15) is 5.56 Å². The summed E-state index contributed by atoms with van der Waals surface area (Å²) in [6.07, 6.45) is 0.179. The van der Waals surface area contributed by atoms with Crippen LogP contribution in [0.3, 0.4) is 0 Å². The van der Waals surface area contributed by atoms with E-state index in [0.717, 1.165) is 5.56 Å².